The van der Waals surface area contributed by atoms with Crippen molar-refractivity contribution in [3.8, 4) is 0 Å². The summed E-state index contributed by atoms with van der Waals surface area (Å²) < 4.78 is 17.2. The Bertz CT molecular complexity index is 837. The number of nitrogens with zero attached hydrogens (tertiary/aromatic N) is 2. The SMILES string of the molecule is CC(C)(C)OC(=O)N1CC(C[C@H]2COC(C)(C)N2C(=O)OC(C)(C)C)c2ccccc21. The number of hydrogen-bond donors (Lipinski definition) is 0. The maximum Gasteiger partial charge on any atom is 0.414 e. The summed E-state index contributed by atoms with van der Waals surface area (Å²) in [6, 6.07) is 7.74. The first kappa shape index (κ1) is 23.4. The van der Waals surface area contributed by atoms with Gasteiger partial charge in [-0.05, 0) is 73.4 Å². The van der Waals surface area contributed by atoms with Crippen molar-refractivity contribution in [2.24, 2.45) is 0 Å². The van der Waals surface area contributed by atoms with Gasteiger partial charge in [-0.3, -0.25) is 9.80 Å². The van der Waals surface area contributed by atoms with Crippen LogP contribution in [0.4, 0.5) is 15.3 Å². The second kappa shape index (κ2) is 8.01. The van der Waals surface area contributed by atoms with Gasteiger partial charge in [-0.1, -0.05) is 18.2 Å². The van der Waals surface area contributed by atoms with E-state index in [9.17, 15) is 9.59 Å². The number of anilines is 1. The van der Waals surface area contributed by atoms with E-state index in [4.69, 9.17) is 14.2 Å². The summed E-state index contributed by atoms with van der Waals surface area (Å²) in [5.41, 5.74) is 0.0379. The van der Waals surface area contributed by atoms with E-state index in [0.29, 0.717) is 19.6 Å². The van der Waals surface area contributed by atoms with Crippen LogP contribution >= 0.6 is 0 Å². The zero-order chi connectivity index (χ0) is 23.2. The van der Waals surface area contributed by atoms with Crippen LogP contribution in [-0.2, 0) is 14.2 Å². The monoisotopic (exact) mass is 432 g/mol. The van der Waals surface area contributed by atoms with E-state index >= 15 is 0 Å². The molecule has 0 spiro atoms. The average Bonchev–Trinajstić information content (AvgIpc) is 3.10. The van der Waals surface area contributed by atoms with Crippen molar-refractivity contribution in [3.63, 3.8) is 0 Å². The number of rotatable bonds is 2. The Morgan fingerprint density at radius 3 is 2.23 bits per heavy atom. The fourth-order valence-electron chi connectivity index (χ4n) is 4.25. The van der Waals surface area contributed by atoms with E-state index in [1.807, 2.05) is 79.7 Å². The molecular weight excluding hydrogens is 396 g/mol. The van der Waals surface area contributed by atoms with Crippen molar-refractivity contribution in [2.75, 3.05) is 18.1 Å². The van der Waals surface area contributed by atoms with Crippen LogP contribution < -0.4 is 4.90 Å². The molecule has 0 saturated carbocycles. The maximum absolute atomic E-state index is 13.0. The first-order valence-electron chi connectivity index (χ1n) is 10.9. The summed E-state index contributed by atoms with van der Waals surface area (Å²) in [6.45, 7) is 15.9. The van der Waals surface area contributed by atoms with Crippen LogP contribution in [-0.4, -0.2) is 53.2 Å². The van der Waals surface area contributed by atoms with Gasteiger partial charge in [0.15, 0.2) is 0 Å². The number of carbonyl (C=O) groups is 2. The summed E-state index contributed by atoms with van der Waals surface area (Å²) in [5.74, 6) is 0.0659. The van der Waals surface area contributed by atoms with Gasteiger partial charge < -0.3 is 14.2 Å². The normalized spacial score (nSPS) is 23.0. The number of benzene rings is 1. The second-order valence-corrected chi connectivity index (χ2v) is 10.8. The summed E-state index contributed by atoms with van der Waals surface area (Å²) in [5, 5.41) is 0. The molecule has 0 N–H and O–H groups in total. The molecule has 0 aromatic heterocycles. The van der Waals surface area contributed by atoms with Crippen LogP contribution in [0, 0.1) is 0 Å². The van der Waals surface area contributed by atoms with Crippen molar-refractivity contribution in [1.82, 2.24) is 4.90 Å². The molecule has 1 aromatic carbocycles. The summed E-state index contributed by atoms with van der Waals surface area (Å²) in [4.78, 5) is 29.2. The van der Waals surface area contributed by atoms with Crippen molar-refractivity contribution in [3.05, 3.63) is 29.8 Å². The Morgan fingerprint density at radius 2 is 1.61 bits per heavy atom. The first-order valence-corrected chi connectivity index (χ1v) is 10.9. The van der Waals surface area contributed by atoms with Crippen molar-refractivity contribution in [1.29, 1.82) is 0 Å². The van der Waals surface area contributed by atoms with E-state index < -0.39 is 16.9 Å². The number of hydrogen-bond acceptors (Lipinski definition) is 5. The van der Waals surface area contributed by atoms with Crippen LogP contribution in [0.5, 0.6) is 0 Å². The summed E-state index contributed by atoms with van der Waals surface area (Å²) in [6.07, 6.45) is -0.0661. The van der Waals surface area contributed by atoms with E-state index in [0.717, 1.165) is 11.3 Å². The fourth-order valence-corrected chi connectivity index (χ4v) is 4.25. The molecule has 3 rings (SSSR count). The molecule has 1 fully saturated rings. The Morgan fingerprint density at radius 1 is 1.03 bits per heavy atom. The number of carbonyl (C=O) groups excluding carboxylic acids is 2. The first-order chi connectivity index (χ1) is 14.2. The highest BCUT2D eigenvalue weighted by molar-refractivity contribution is 5.91. The molecule has 31 heavy (non-hydrogen) atoms. The van der Waals surface area contributed by atoms with Crippen molar-refractivity contribution < 1.29 is 23.8 Å². The lowest BCUT2D eigenvalue weighted by Gasteiger charge is -2.35. The van der Waals surface area contributed by atoms with E-state index in [1.165, 1.54) is 0 Å². The second-order valence-electron chi connectivity index (χ2n) is 10.8. The molecule has 2 heterocycles. The molecule has 7 heteroatoms. The number of ether oxygens (including phenoxy) is 3. The molecular formula is C24H36N2O5. The van der Waals surface area contributed by atoms with Crippen molar-refractivity contribution in [2.45, 2.75) is 90.7 Å². The minimum atomic E-state index is -0.754. The molecule has 2 aliphatic rings. The Kier molecular flexibility index (Phi) is 6.04. The molecule has 7 nitrogen and oxygen atoms in total. The fraction of sp³-hybridized carbons (Fsp3) is 0.667. The third-order valence-electron chi connectivity index (χ3n) is 5.41. The molecule has 2 atom stereocenters. The van der Waals surface area contributed by atoms with Crippen LogP contribution in [0.3, 0.4) is 0 Å². The lowest BCUT2D eigenvalue weighted by molar-refractivity contribution is -0.0628. The zero-order valence-electron chi connectivity index (χ0n) is 20.0. The number of amides is 2. The third kappa shape index (κ3) is 5.32. The molecule has 0 radical (unpaired) electrons. The highest BCUT2D eigenvalue weighted by atomic mass is 16.6. The van der Waals surface area contributed by atoms with Crippen LogP contribution in [0.1, 0.15) is 73.3 Å². The van der Waals surface area contributed by atoms with Crippen LogP contribution in [0.2, 0.25) is 0 Å². The smallest absolute Gasteiger partial charge is 0.414 e. The van der Waals surface area contributed by atoms with Crippen LogP contribution in [0.25, 0.3) is 0 Å². The summed E-state index contributed by atoms with van der Waals surface area (Å²) >= 11 is 0. The lowest BCUT2D eigenvalue weighted by Crippen LogP contribution is -2.50. The molecule has 2 amide bonds. The molecule has 1 saturated heterocycles. The minimum Gasteiger partial charge on any atom is -0.444 e. The standard InChI is InChI=1S/C24H36N2O5/c1-22(2,3)30-20(27)25-14-16(18-11-9-10-12-19(18)25)13-17-15-29-24(7,8)26(17)21(28)31-23(4,5)6/h9-12,16-17H,13-15H2,1-8H3/t16?,17-/m0/s1. The number of para-hydroxylation sites is 1. The maximum atomic E-state index is 13.0. The lowest BCUT2D eigenvalue weighted by atomic mass is 9.93. The molecule has 172 valence electrons. The van der Waals surface area contributed by atoms with Gasteiger partial charge >= 0.3 is 12.2 Å². The van der Waals surface area contributed by atoms with Crippen LogP contribution in [0.15, 0.2) is 24.3 Å². The van der Waals surface area contributed by atoms with Gasteiger partial charge in [0.25, 0.3) is 0 Å². The van der Waals surface area contributed by atoms with E-state index in [2.05, 4.69) is 0 Å². The predicted octanol–water partition coefficient (Wildman–Crippen LogP) is 5.29. The minimum absolute atomic E-state index is 0.0659. The Hall–Kier alpha value is -2.28. The molecule has 0 bridgehead atoms. The molecule has 0 aliphatic carbocycles. The van der Waals surface area contributed by atoms with E-state index in [1.54, 1.807) is 9.80 Å². The predicted molar refractivity (Wildman–Crippen MR) is 119 cm³/mol. The highest BCUT2D eigenvalue weighted by Gasteiger charge is 2.47. The van der Waals surface area contributed by atoms with Gasteiger partial charge in [0.1, 0.15) is 16.9 Å². The van der Waals surface area contributed by atoms with Gasteiger partial charge in [0.2, 0.25) is 0 Å². The average molecular weight is 433 g/mol. The van der Waals surface area contributed by atoms with Gasteiger partial charge in [0, 0.05) is 12.5 Å². The Balaban J connectivity index is 1.81. The topological polar surface area (TPSA) is 68.3 Å². The third-order valence-corrected chi connectivity index (χ3v) is 5.41. The largest absolute Gasteiger partial charge is 0.444 e. The molecule has 1 unspecified atom stereocenters. The zero-order valence-corrected chi connectivity index (χ0v) is 20.0. The molecule has 1 aromatic rings. The Labute approximate surface area is 185 Å². The van der Waals surface area contributed by atoms with Gasteiger partial charge in [-0.25, -0.2) is 9.59 Å². The van der Waals surface area contributed by atoms with Crippen molar-refractivity contribution >= 4 is 17.9 Å². The summed E-state index contributed by atoms with van der Waals surface area (Å²) in [7, 11) is 0. The molecule has 2 aliphatic heterocycles. The van der Waals surface area contributed by atoms with Gasteiger partial charge in [-0.2, -0.15) is 0 Å². The van der Waals surface area contributed by atoms with Gasteiger partial charge in [0.05, 0.1) is 18.3 Å². The quantitative estimate of drug-likeness (QED) is 0.635. The van der Waals surface area contributed by atoms with E-state index in [-0.39, 0.29) is 24.1 Å². The number of fused-ring (bicyclic) bond motifs is 1. The van der Waals surface area contributed by atoms with Gasteiger partial charge in [-0.15, -0.1) is 0 Å². The highest BCUT2D eigenvalue weighted by Crippen LogP contribution is 2.42.